The maximum Gasteiger partial charge on any atom is 0.0972 e. The fourth-order valence-electron chi connectivity index (χ4n) is 4.93. The summed E-state index contributed by atoms with van der Waals surface area (Å²) in [6, 6.07) is 30.5. The number of hydrogen-bond donors (Lipinski definition) is 0. The number of fused-ring (bicyclic) bond motifs is 8. The lowest BCUT2D eigenvalue weighted by Crippen LogP contribution is -2.06. The average molecular weight is 382 g/mol. The molecule has 1 aliphatic rings. The van der Waals surface area contributed by atoms with Crippen LogP contribution >= 0.6 is 0 Å². The van der Waals surface area contributed by atoms with E-state index in [2.05, 4.69) is 78.9 Å². The molecule has 0 aliphatic heterocycles. The van der Waals surface area contributed by atoms with Crippen molar-refractivity contribution in [1.82, 2.24) is 9.97 Å². The first-order chi connectivity index (χ1) is 14.8. The van der Waals surface area contributed by atoms with Gasteiger partial charge in [-0.2, -0.15) is 0 Å². The molecular weight excluding hydrogens is 364 g/mol. The predicted octanol–water partition coefficient (Wildman–Crippen LogP) is 6.86. The van der Waals surface area contributed by atoms with E-state index in [1.807, 2.05) is 6.07 Å². The molecule has 0 radical (unpaired) electrons. The van der Waals surface area contributed by atoms with E-state index in [0.29, 0.717) is 0 Å². The first-order valence-electron chi connectivity index (χ1n) is 10.5. The zero-order valence-corrected chi connectivity index (χ0v) is 16.4. The molecule has 0 unspecified atom stereocenters. The van der Waals surface area contributed by atoms with Gasteiger partial charge < -0.3 is 0 Å². The number of aromatic nitrogens is 2. The molecule has 0 saturated heterocycles. The second-order valence-corrected chi connectivity index (χ2v) is 8.24. The van der Waals surface area contributed by atoms with Crippen LogP contribution in [-0.4, -0.2) is 9.97 Å². The Labute approximate surface area is 173 Å². The van der Waals surface area contributed by atoms with Gasteiger partial charge in [0.1, 0.15) is 0 Å². The quantitative estimate of drug-likeness (QED) is 0.212. The van der Waals surface area contributed by atoms with Crippen LogP contribution in [0.4, 0.5) is 0 Å². The number of nitrogens with zero attached hydrogens (tertiary/aromatic N) is 2. The predicted molar refractivity (Wildman–Crippen MR) is 125 cm³/mol. The first kappa shape index (κ1) is 16.1. The van der Waals surface area contributed by atoms with Gasteiger partial charge in [0.15, 0.2) is 0 Å². The molecule has 0 fully saturated rings. The van der Waals surface area contributed by atoms with Crippen LogP contribution in [0, 0.1) is 0 Å². The molecule has 0 spiro atoms. The van der Waals surface area contributed by atoms with Gasteiger partial charge in [0, 0.05) is 21.7 Å². The van der Waals surface area contributed by atoms with E-state index in [1.54, 1.807) is 0 Å². The van der Waals surface area contributed by atoms with Crippen LogP contribution in [0.5, 0.6) is 0 Å². The number of aryl methyl sites for hydroxylation is 2. The highest BCUT2D eigenvalue weighted by atomic mass is 14.8. The van der Waals surface area contributed by atoms with E-state index < -0.39 is 0 Å². The second-order valence-electron chi connectivity index (χ2n) is 8.24. The molecule has 30 heavy (non-hydrogen) atoms. The third kappa shape index (κ3) is 2.25. The molecule has 1 aliphatic carbocycles. The smallest absolute Gasteiger partial charge is 0.0972 e. The minimum Gasteiger partial charge on any atom is -0.245 e. The van der Waals surface area contributed by atoms with Crippen molar-refractivity contribution in [2.75, 3.05) is 0 Å². The number of benzene rings is 4. The molecule has 0 N–H and O–H groups in total. The monoisotopic (exact) mass is 382 g/mol. The van der Waals surface area contributed by atoms with Crippen LogP contribution < -0.4 is 0 Å². The third-order valence-corrected chi connectivity index (χ3v) is 6.44. The molecular formula is C28H18N2. The standard InChI is InChI=1S/C28H18N2/c1-2-6-18-16-24-19(13-17(18)5-1)9-10-21-15-23-12-11-22-14-20-7-3-4-8-25(20)29-27(22)28(23)30-26(21)24/h1-8,11-16H,9-10H2. The van der Waals surface area contributed by atoms with Crippen LogP contribution in [0.1, 0.15) is 11.1 Å². The minimum atomic E-state index is 0.988. The number of hydrogen-bond acceptors (Lipinski definition) is 2. The largest absolute Gasteiger partial charge is 0.245 e. The summed E-state index contributed by atoms with van der Waals surface area (Å²) in [5, 5.41) is 6.06. The maximum atomic E-state index is 5.24. The fraction of sp³-hybridized carbons (Fsp3) is 0.0714. The maximum absolute atomic E-state index is 5.24. The second kappa shape index (κ2) is 5.87. The SMILES string of the molecule is c1ccc2cc3c(cc2c1)CCc1cc2ccc4cc5ccccc5nc4c2nc1-3. The van der Waals surface area contributed by atoms with Crippen molar-refractivity contribution in [3.05, 3.63) is 96.1 Å². The zero-order chi connectivity index (χ0) is 19.7. The molecule has 2 aromatic heterocycles. The van der Waals surface area contributed by atoms with Gasteiger partial charge in [-0.3, -0.25) is 0 Å². The molecule has 2 heterocycles. The van der Waals surface area contributed by atoms with Crippen molar-refractivity contribution in [3.8, 4) is 11.3 Å². The summed E-state index contributed by atoms with van der Waals surface area (Å²) in [6.07, 6.45) is 2.10. The van der Waals surface area contributed by atoms with Gasteiger partial charge in [-0.1, -0.05) is 60.7 Å². The number of rotatable bonds is 0. The van der Waals surface area contributed by atoms with Gasteiger partial charge in [-0.15, -0.1) is 0 Å². The Bertz CT molecular complexity index is 1650. The van der Waals surface area contributed by atoms with Crippen molar-refractivity contribution in [2.45, 2.75) is 12.8 Å². The Morgan fingerprint density at radius 3 is 2.00 bits per heavy atom. The van der Waals surface area contributed by atoms with Crippen molar-refractivity contribution in [2.24, 2.45) is 0 Å². The molecule has 2 nitrogen and oxygen atoms in total. The van der Waals surface area contributed by atoms with E-state index in [9.17, 15) is 0 Å². The summed E-state index contributed by atoms with van der Waals surface area (Å²) in [4.78, 5) is 10.2. The Morgan fingerprint density at radius 2 is 1.13 bits per heavy atom. The van der Waals surface area contributed by atoms with Crippen molar-refractivity contribution in [1.29, 1.82) is 0 Å². The highest BCUT2D eigenvalue weighted by Gasteiger charge is 2.20. The lowest BCUT2D eigenvalue weighted by molar-refractivity contribution is 0.935. The highest BCUT2D eigenvalue weighted by molar-refractivity contribution is 6.07. The van der Waals surface area contributed by atoms with Crippen LogP contribution in [0.3, 0.4) is 0 Å². The van der Waals surface area contributed by atoms with E-state index in [0.717, 1.165) is 40.5 Å². The normalized spacial score (nSPS) is 13.1. The molecule has 0 bridgehead atoms. The molecule has 6 aromatic rings. The van der Waals surface area contributed by atoms with Crippen molar-refractivity contribution < 1.29 is 0 Å². The first-order valence-corrected chi connectivity index (χ1v) is 10.5. The van der Waals surface area contributed by atoms with Crippen molar-refractivity contribution in [3.63, 3.8) is 0 Å². The van der Waals surface area contributed by atoms with Gasteiger partial charge in [-0.25, -0.2) is 9.97 Å². The Morgan fingerprint density at radius 1 is 0.500 bits per heavy atom. The van der Waals surface area contributed by atoms with Gasteiger partial charge >= 0.3 is 0 Å². The number of pyridine rings is 2. The third-order valence-electron chi connectivity index (χ3n) is 6.44. The molecule has 0 atom stereocenters. The molecule has 4 aromatic carbocycles. The summed E-state index contributed by atoms with van der Waals surface area (Å²) in [6.45, 7) is 0. The average Bonchev–Trinajstić information content (AvgIpc) is 2.80. The fourth-order valence-corrected chi connectivity index (χ4v) is 4.93. The van der Waals surface area contributed by atoms with Gasteiger partial charge in [-0.05, 0) is 59.0 Å². The summed E-state index contributed by atoms with van der Waals surface area (Å²) in [7, 11) is 0. The molecule has 2 heteroatoms. The summed E-state index contributed by atoms with van der Waals surface area (Å²) < 4.78 is 0. The van der Waals surface area contributed by atoms with Gasteiger partial charge in [0.05, 0.1) is 22.2 Å². The highest BCUT2D eigenvalue weighted by Crippen LogP contribution is 2.37. The van der Waals surface area contributed by atoms with Crippen molar-refractivity contribution >= 4 is 43.5 Å². The Balaban J connectivity index is 1.56. The summed E-state index contributed by atoms with van der Waals surface area (Å²) in [5.74, 6) is 0. The van der Waals surface area contributed by atoms with E-state index in [-0.39, 0.29) is 0 Å². The Hall–Kier alpha value is -3.78. The van der Waals surface area contributed by atoms with Crippen LogP contribution in [-0.2, 0) is 12.8 Å². The Kier molecular flexibility index (Phi) is 3.14. The molecule has 0 amide bonds. The number of para-hydroxylation sites is 1. The summed E-state index contributed by atoms with van der Waals surface area (Å²) >= 11 is 0. The van der Waals surface area contributed by atoms with Gasteiger partial charge in [0.25, 0.3) is 0 Å². The molecule has 140 valence electrons. The molecule has 7 rings (SSSR count). The van der Waals surface area contributed by atoms with E-state index in [1.165, 1.54) is 38.2 Å². The lowest BCUT2D eigenvalue weighted by atomic mass is 9.86. The lowest BCUT2D eigenvalue weighted by Gasteiger charge is -2.21. The minimum absolute atomic E-state index is 0.988. The van der Waals surface area contributed by atoms with Crippen LogP contribution in [0.15, 0.2) is 84.9 Å². The van der Waals surface area contributed by atoms with Crippen LogP contribution in [0.25, 0.3) is 54.7 Å². The van der Waals surface area contributed by atoms with E-state index >= 15 is 0 Å². The topological polar surface area (TPSA) is 25.8 Å². The van der Waals surface area contributed by atoms with Crippen LogP contribution in [0.2, 0.25) is 0 Å². The van der Waals surface area contributed by atoms with E-state index in [4.69, 9.17) is 9.97 Å². The zero-order valence-electron chi connectivity index (χ0n) is 16.4. The van der Waals surface area contributed by atoms with Gasteiger partial charge in [0.2, 0.25) is 0 Å². The summed E-state index contributed by atoms with van der Waals surface area (Å²) in [5.41, 5.74) is 8.13. The molecule has 0 saturated carbocycles.